The van der Waals surface area contributed by atoms with Gasteiger partial charge in [0, 0.05) is 5.56 Å². The molecule has 0 radical (unpaired) electrons. The van der Waals surface area contributed by atoms with Gasteiger partial charge in [-0.25, -0.2) is 13.5 Å². The molecule has 1 aromatic heterocycles. The van der Waals surface area contributed by atoms with E-state index in [0.29, 0.717) is 16.7 Å². The molecule has 6 nitrogen and oxygen atoms in total. The van der Waals surface area contributed by atoms with Crippen LogP contribution in [0.2, 0.25) is 0 Å². The highest BCUT2D eigenvalue weighted by Crippen LogP contribution is 2.28. The number of carbonyl (C=O) groups is 1. The summed E-state index contributed by atoms with van der Waals surface area (Å²) in [4.78, 5) is 12.9. The highest BCUT2D eigenvalue weighted by Gasteiger charge is 2.24. The summed E-state index contributed by atoms with van der Waals surface area (Å²) in [5, 5.41) is 11.0. The van der Waals surface area contributed by atoms with Crippen molar-refractivity contribution in [2.24, 2.45) is 0 Å². The van der Waals surface area contributed by atoms with Gasteiger partial charge in [0.2, 0.25) is 0 Å². The first kappa shape index (κ1) is 21.3. The quantitative estimate of drug-likeness (QED) is 0.394. The molecule has 0 aliphatic carbocycles. The number of rotatable bonds is 7. The number of aromatic nitrogens is 4. The van der Waals surface area contributed by atoms with E-state index in [1.54, 1.807) is 19.1 Å². The van der Waals surface area contributed by atoms with E-state index in [1.165, 1.54) is 41.3 Å². The van der Waals surface area contributed by atoms with Gasteiger partial charge in [-0.15, -0.1) is 5.10 Å². The van der Waals surface area contributed by atoms with Crippen LogP contribution in [0.15, 0.2) is 79.1 Å². The standard InChI is InChI=1S/C24H20F2N4O2/c1-16(19-9-12-21(22(26)13-19)17-5-3-2-4-6-17)24(31)32-23(14-30-15-27-28-29-30)18-7-10-20(25)11-8-18/h2-13,15-16,23H,14H2,1H3/t16-,23?/m0/s1. The molecule has 0 amide bonds. The Morgan fingerprint density at radius 3 is 2.38 bits per heavy atom. The Hall–Kier alpha value is -3.94. The Kier molecular flexibility index (Phi) is 6.30. The number of hydrogen-bond donors (Lipinski definition) is 0. The van der Waals surface area contributed by atoms with Crippen molar-refractivity contribution in [2.45, 2.75) is 25.5 Å². The van der Waals surface area contributed by atoms with Gasteiger partial charge >= 0.3 is 5.97 Å². The highest BCUT2D eigenvalue weighted by molar-refractivity contribution is 5.78. The molecular formula is C24H20F2N4O2. The number of nitrogens with zero attached hydrogens (tertiary/aromatic N) is 4. The smallest absolute Gasteiger partial charge is 0.313 e. The minimum atomic E-state index is -0.748. The van der Waals surface area contributed by atoms with Gasteiger partial charge in [0.05, 0.1) is 12.5 Å². The van der Waals surface area contributed by atoms with Gasteiger partial charge in [0.25, 0.3) is 0 Å². The molecule has 1 unspecified atom stereocenters. The fourth-order valence-corrected chi connectivity index (χ4v) is 3.35. The molecule has 0 bridgehead atoms. The van der Waals surface area contributed by atoms with Crippen molar-refractivity contribution < 1.29 is 18.3 Å². The molecule has 8 heteroatoms. The third-order valence-corrected chi connectivity index (χ3v) is 5.18. The molecule has 4 aromatic rings. The van der Waals surface area contributed by atoms with Crippen LogP contribution in [0.1, 0.15) is 30.1 Å². The van der Waals surface area contributed by atoms with Crippen LogP contribution in [0.5, 0.6) is 0 Å². The molecule has 0 aliphatic heterocycles. The molecule has 4 rings (SSSR count). The minimum Gasteiger partial charge on any atom is -0.455 e. The van der Waals surface area contributed by atoms with E-state index in [0.717, 1.165) is 5.56 Å². The Labute approximate surface area is 183 Å². The van der Waals surface area contributed by atoms with Crippen molar-refractivity contribution in [3.63, 3.8) is 0 Å². The maximum absolute atomic E-state index is 14.8. The lowest BCUT2D eigenvalue weighted by Crippen LogP contribution is -2.21. The fourth-order valence-electron chi connectivity index (χ4n) is 3.35. The van der Waals surface area contributed by atoms with Crippen LogP contribution in [-0.4, -0.2) is 26.2 Å². The van der Waals surface area contributed by atoms with E-state index >= 15 is 0 Å². The predicted octanol–water partition coefficient (Wildman–Crippen LogP) is 4.71. The third-order valence-electron chi connectivity index (χ3n) is 5.18. The summed E-state index contributed by atoms with van der Waals surface area (Å²) in [5.74, 6) is -2.08. The number of esters is 1. The van der Waals surface area contributed by atoms with Crippen LogP contribution in [-0.2, 0) is 16.1 Å². The molecule has 0 N–H and O–H groups in total. The summed E-state index contributed by atoms with van der Waals surface area (Å²) >= 11 is 0. The first-order valence-electron chi connectivity index (χ1n) is 10.0. The average Bonchev–Trinajstić information content (AvgIpc) is 3.32. The van der Waals surface area contributed by atoms with Crippen molar-refractivity contribution in [1.82, 2.24) is 20.2 Å². The molecule has 0 saturated carbocycles. The zero-order valence-corrected chi connectivity index (χ0v) is 17.2. The maximum Gasteiger partial charge on any atom is 0.313 e. The molecule has 3 aromatic carbocycles. The van der Waals surface area contributed by atoms with Gasteiger partial charge in [0.15, 0.2) is 0 Å². The Morgan fingerprint density at radius 2 is 1.72 bits per heavy atom. The van der Waals surface area contributed by atoms with Crippen LogP contribution in [0, 0.1) is 11.6 Å². The van der Waals surface area contributed by atoms with Gasteiger partial charge in [-0.2, -0.15) is 0 Å². The normalized spacial score (nSPS) is 12.8. The van der Waals surface area contributed by atoms with Gasteiger partial charge in [-0.1, -0.05) is 54.6 Å². The van der Waals surface area contributed by atoms with Crippen LogP contribution in [0.25, 0.3) is 11.1 Å². The molecule has 2 atom stereocenters. The van der Waals surface area contributed by atoms with Gasteiger partial charge in [-0.3, -0.25) is 4.79 Å². The summed E-state index contributed by atoms with van der Waals surface area (Å²) in [6.45, 7) is 1.80. The van der Waals surface area contributed by atoms with Crippen LogP contribution >= 0.6 is 0 Å². The molecule has 0 fully saturated rings. The zero-order chi connectivity index (χ0) is 22.5. The third kappa shape index (κ3) is 4.85. The molecule has 1 heterocycles. The minimum absolute atomic E-state index is 0.151. The number of hydrogen-bond acceptors (Lipinski definition) is 5. The van der Waals surface area contributed by atoms with Crippen LogP contribution in [0.3, 0.4) is 0 Å². The molecule has 32 heavy (non-hydrogen) atoms. The first-order valence-corrected chi connectivity index (χ1v) is 10.0. The average molecular weight is 434 g/mol. The lowest BCUT2D eigenvalue weighted by molar-refractivity contribution is -0.151. The molecule has 0 spiro atoms. The van der Waals surface area contributed by atoms with Crippen molar-refractivity contribution in [3.05, 3.63) is 102 Å². The monoisotopic (exact) mass is 434 g/mol. The summed E-state index contributed by atoms with van der Waals surface area (Å²) in [6, 6.07) is 19.5. The number of ether oxygens (including phenoxy) is 1. The van der Waals surface area contributed by atoms with E-state index in [9.17, 15) is 13.6 Å². The molecule has 162 valence electrons. The van der Waals surface area contributed by atoms with E-state index in [4.69, 9.17) is 4.74 Å². The number of tetrazole rings is 1. The van der Waals surface area contributed by atoms with Crippen molar-refractivity contribution in [3.8, 4) is 11.1 Å². The number of carbonyl (C=O) groups excluding carboxylic acids is 1. The highest BCUT2D eigenvalue weighted by atomic mass is 19.1. The fraction of sp³-hybridized carbons (Fsp3) is 0.167. The zero-order valence-electron chi connectivity index (χ0n) is 17.2. The van der Waals surface area contributed by atoms with Crippen molar-refractivity contribution in [1.29, 1.82) is 0 Å². The summed E-state index contributed by atoms with van der Waals surface area (Å²) < 4.78 is 35.3. The first-order chi connectivity index (χ1) is 15.5. The van der Waals surface area contributed by atoms with E-state index in [1.807, 2.05) is 30.3 Å². The molecule has 0 aliphatic rings. The summed E-state index contributed by atoms with van der Waals surface area (Å²) in [5.41, 5.74) is 2.29. The van der Waals surface area contributed by atoms with Gasteiger partial charge in [0.1, 0.15) is 24.1 Å². The van der Waals surface area contributed by atoms with E-state index in [-0.39, 0.29) is 6.54 Å². The Balaban J connectivity index is 1.53. The second-order valence-electron chi connectivity index (χ2n) is 7.34. The van der Waals surface area contributed by atoms with Gasteiger partial charge < -0.3 is 4.74 Å². The summed E-state index contributed by atoms with van der Waals surface area (Å²) in [7, 11) is 0. The Morgan fingerprint density at radius 1 is 1.00 bits per heavy atom. The van der Waals surface area contributed by atoms with Crippen LogP contribution in [0.4, 0.5) is 8.78 Å². The Bertz CT molecular complexity index is 1180. The second-order valence-corrected chi connectivity index (χ2v) is 7.34. The molecular weight excluding hydrogens is 414 g/mol. The predicted molar refractivity (Wildman–Crippen MR) is 113 cm³/mol. The maximum atomic E-state index is 14.8. The molecule has 0 saturated heterocycles. The summed E-state index contributed by atoms with van der Waals surface area (Å²) in [6.07, 6.45) is 0.647. The number of halogens is 2. The van der Waals surface area contributed by atoms with Crippen molar-refractivity contribution >= 4 is 5.97 Å². The SMILES string of the molecule is C[C@H](C(=O)OC(Cn1cnnn1)c1ccc(F)cc1)c1ccc(-c2ccccc2)c(F)c1. The largest absolute Gasteiger partial charge is 0.455 e. The number of benzene rings is 3. The lowest BCUT2D eigenvalue weighted by Gasteiger charge is -2.21. The van der Waals surface area contributed by atoms with E-state index < -0.39 is 29.6 Å². The van der Waals surface area contributed by atoms with Crippen LogP contribution < -0.4 is 0 Å². The van der Waals surface area contributed by atoms with E-state index in [2.05, 4.69) is 15.5 Å². The van der Waals surface area contributed by atoms with Gasteiger partial charge in [-0.05, 0) is 52.2 Å². The topological polar surface area (TPSA) is 69.9 Å². The van der Waals surface area contributed by atoms with Crippen molar-refractivity contribution in [2.75, 3.05) is 0 Å². The second kappa shape index (κ2) is 9.47. The lowest BCUT2D eigenvalue weighted by atomic mass is 9.97.